The van der Waals surface area contributed by atoms with Gasteiger partial charge in [0.05, 0.1) is 11.0 Å². The van der Waals surface area contributed by atoms with Gasteiger partial charge in [0.1, 0.15) is 0 Å². The third-order valence-corrected chi connectivity index (χ3v) is 5.56. The Kier molecular flexibility index (Phi) is 10.4. The van der Waals surface area contributed by atoms with Gasteiger partial charge in [0.2, 0.25) is 0 Å². The number of aryl methyl sites for hydroxylation is 1. The van der Waals surface area contributed by atoms with Crippen molar-refractivity contribution in [1.29, 1.82) is 0 Å². The number of benzene rings is 1. The van der Waals surface area contributed by atoms with Crippen LogP contribution >= 0.6 is 0 Å². The van der Waals surface area contributed by atoms with Crippen LogP contribution in [0.2, 0.25) is 0 Å². The predicted octanol–water partition coefficient (Wildman–Crippen LogP) is 5.95. The van der Waals surface area contributed by atoms with Gasteiger partial charge in [-0.2, -0.15) is 8.42 Å². The molecule has 0 aromatic heterocycles. The van der Waals surface area contributed by atoms with Gasteiger partial charge in [-0.15, -0.1) is 13.2 Å². The summed E-state index contributed by atoms with van der Waals surface area (Å²) in [5.74, 6) is 0. The van der Waals surface area contributed by atoms with E-state index in [1.165, 1.54) is 25.7 Å². The summed E-state index contributed by atoms with van der Waals surface area (Å²) < 4.78 is 30.3. The quantitative estimate of drug-likeness (QED) is 0.233. The zero-order chi connectivity index (χ0) is 18.5. The highest BCUT2D eigenvalue weighted by Gasteiger charge is 2.20. The van der Waals surface area contributed by atoms with Crippen LogP contribution in [0.3, 0.4) is 0 Å². The maximum Gasteiger partial charge on any atom is 0.297 e. The number of hydrogen-bond donors (Lipinski definition) is 0. The topological polar surface area (TPSA) is 43.4 Å². The minimum absolute atomic E-state index is 0.217. The van der Waals surface area contributed by atoms with Gasteiger partial charge in [-0.1, -0.05) is 62.0 Å². The highest BCUT2D eigenvalue weighted by Crippen LogP contribution is 2.20. The van der Waals surface area contributed by atoms with Crippen LogP contribution in [0.1, 0.15) is 63.4 Å². The molecule has 0 aliphatic carbocycles. The highest BCUT2D eigenvalue weighted by atomic mass is 32.2. The summed E-state index contributed by atoms with van der Waals surface area (Å²) in [4.78, 5) is 0.217. The molecule has 1 aromatic carbocycles. The molecule has 0 aliphatic rings. The number of rotatable bonds is 14. The van der Waals surface area contributed by atoms with E-state index in [4.69, 9.17) is 4.18 Å². The van der Waals surface area contributed by atoms with Crippen molar-refractivity contribution in [2.45, 2.75) is 75.7 Å². The second kappa shape index (κ2) is 12.0. The van der Waals surface area contributed by atoms with Crippen molar-refractivity contribution in [3.63, 3.8) is 0 Å². The first-order valence-electron chi connectivity index (χ1n) is 9.21. The first kappa shape index (κ1) is 21.7. The zero-order valence-electron chi connectivity index (χ0n) is 15.5. The van der Waals surface area contributed by atoms with Gasteiger partial charge in [-0.25, -0.2) is 0 Å². The van der Waals surface area contributed by atoms with E-state index in [-0.39, 0.29) is 11.0 Å². The molecule has 25 heavy (non-hydrogen) atoms. The molecule has 140 valence electrons. The Bertz CT molecular complexity index is 603. The minimum atomic E-state index is -3.71. The SMILES string of the molecule is C=CCCCCCCCCC(CC=C)OS(=O)(=O)c1ccc(C)cc1. The predicted molar refractivity (Wildman–Crippen MR) is 105 cm³/mol. The Hall–Kier alpha value is -1.39. The van der Waals surface area contributed by atoms with Crippen molar-refractivity contribution in [2.24, 2.45) is 0 Å². The Labute approximate surface area is 153 Å². The van der Waals surface area contributed by atoms with Gasteiger partial charge in [0.25, 0.3) is 10.1 Å². The summed E-state index contributed by atoms with van der Waals surface area (Å²) in [6.07, 6.45) is 12.7. The van der Waals surface area contributed by atoms with Gasteiger partial charge < -0.3 is 0 Å². The van der Waals surface area contributed by atoms with Gasteiger partial charge in [-0.05, 0) is 44.7 Å². The van der Waals surface area contributed by atoms with Crippen LogP contribution in [-0.2, 0) is 14.3 Å². The standard InChI is InChI=1S/C21H32O3S/c1-4-6-7-8-9-10-11-12-14-20(13-5-2)24-25(22,23)21-17-15-19(3)16-18-21/h4-5,15-18,20H,1-2,6-14H2,3H3. The molecule has 0 spiro atoms. The van der Waals surface area contributed by atoms with E-state index in [2.05, 4.69) is 13.2 Å². The molecule has 0 saturated heterocycles. The average molecular weight is 365 g/mol. The van der Waals surface area contributed by atoms with Crippen LogP contribution in [0.4, 0.5) is 0 Å². The van der Waals surface area contributed by atoms with Crippen LogP contribution in [0.5, 0.6) is 0 Å². The third-order valence-electron chi connectivity index (χ3n) is 4.19. The molecule has 1 unspecified atom stereocenters. The van der Waals surface area contributed by atoms with E-state index < -0.39 is 10.1 Å². The monoisotopic (exact) mass is 364 g/mol. The minimum Gasteiger partial charge on any atom is -0.263 e. The highest BCUT2D eigenvalue weighted by molar-refractivity contribution is 7.86. The Morgan fingerprint density at radius 2 is 1.56 bits per heavy atom. The maximum atomic E-state index is 12.4. The van der Waals surface area contributed by atoms with Crippen molar-refractivity contribution in [2.75, 3.05) is 0 Å². The van der Waals surface area contributed by atoms with Crippen molar-refractivity contribution in [3.05, 3.63) is 55.1 Å². The van der Waals surface area contributed by atoms with Crippen molar-refractivity contribution in [3.8, 4) is 0 Å². The fraction of sp³-hybridized carbons (Fsp3) is 0.524. The molecule has 0 radical (unpaired) electrons. The summed E-state index contributed by atoms with van der Waals surface area (Å²) in [5.41, 5.74) is 1.02. The molecule has 0 heterocycles. The zero-order valence-corrected chi connectivity index (χ0v) is 16.3. The lowest BCUT2D eigenvalue weighted by molar-refractivity contribution is 0.197. The molecule has 1 atom stereocenters. The van der Waals surface area contributed by atoms with Crippen LogP contribution < -0.4 is 0 Å². The Morgan fingerprint density at radius 3 is 2.16 bits per heavy atom. The largest absolute Gasteiger partial charge is 0.297 e. The Morgan fingerprint density at radius 1 is 0.960 bits per heavy atom. The molecule has 0 fully saturated rings. The van der Waals surface area contributed by atoms with Crippen molar-refractivity contribution >= 4 is 10.1 Å². The Balaban J connectivity index is 2.41. The number of allylic oxidation sites excluding steroid dienone is 1. The normalized spacial score (nSPS) is 12.7. The second-order valence-corrected chi connectivity index (χ2v) is 8.07. The lowest BCUT2D eigenvalue weighted by Gasteiger charge is -2.16. The smallest absolute Gasteiger partial charge is 0.263 e. The summed E-state index contributed by atoms with van der Waals surface area (Å²) >= 11 is 0. The molecule has 0 saturated carbocycles. The summed E-state index contributed by atoms with van der Waals surface area (Å²) in [7, 11) is -3.71. The van der Waals surface area contributed by atoms with Crippen LogP contribution in [0.25, 0.3) is 0 Å². The molecule has 0 N–H and O–H groups in total. The van der Waals surface area contributed by atoms with Gasteiger partial charge >= 0.3 is 0 Å². The van der Waals surface area contributed by atoms with Crippen LogP contribution in [0.15, 0.2) is 54.5 Å². The van der Waals surface area contributed by atoms with Crippen molar-refractivity contribution in [1.82, 2.24) is 0 Å². The number of hydrogen-bond acceptors (Lipinski definition) is 3. The second-order valence-electron chi connectivity index (χ2n) is 6.50. The summed E-state index contributed by atoms with van der Waals surface area (Å²) in [5, 5.41) is 0. The fourth-order valence-corrected chi connectivity index (χ4v) is 3.81. The summed E-state index contributed by atoms with van der Waals surface area (Å²) in [6, 6.07) is 6.76. The van der Waals surface area contributed by atoms with Crippen molar-refractivity contribution < 1.29 is 12.6 Å². The lowest BCUT2D eigenvalue weighted by atomic mass is 10.0. The average Bonchev–Trinajstić information content (AvgIpc) is 2.57. The van der Waals surface area contributed by atoms with E-state index >= 15 is 0 Å². The lowest BCUT2D eigenvalue weighted by Crippen LogP contribution is -2.18. The van der Waals surface area contributed by atoms with Gasteiger partial charge in [-0.3, -0.25) is 4.18 Å². The van der Waals surface area contributed by atoms with E-state index in [0.717, 1.165) is 31.2 Å². The van der Waals surface area contributed by atoms with Crippen LogP contribution in [-0.4, -0.2) is 14.5 Å². The van der Waals surface area contributed by atoms with E-state index in [9.17, 15) is 8.42 Å². The molecule has 3 nitrogen and oxygen atoms in total. The molecule has 1 aromatic rings. The summed E-state index contributed by atoms with van der Waals surface area (Å²) in [6.45, 7) is 9.37. The van der Waals surface area contributed by atoms with E-state index in [1.807, 2.05) is 13.0 Å². The van der Waals surface area contributed by atoms with Gasteiger partial charge in [0, 0.05) is 0 Å². The van der Waals surface area contributed by atoms with Gasteiger partial charge in [0.15, 0.2) is 0 Å². The molecular weight excluding hydrogens is 332 g/mol. The molecular formula is C21H32O3S. The molecule has 1 rings (SSSR count). The first-order chi connectivity index (χ1) is 12.0. The fourth-order valence-electron chi connectivity index (χ4n) is 2.70. The molecule has 0 bridgehead atoms. The van der Waals surface area contributed by atoms with E-state index in [1.54, 1.807) is 30.3 Å². The third kappa shape index (κ3) is 9.03. The molecule has 4 heteroatoms. The van der Waals surface area contributed by atoms with Crippen LogP contribution in [0, 0.1) is 6.92 Å². The molecule has 0 amide bonds. The molecule has 0 aliphatic heterocycles. The maximum absolute atomic E-state index is 12.4. The number of unbranched alkanes of at least 4 members (excludes halogenated alkanes) is 6. The van der Waals surface area contributed by atoms with E-state index in [0.29, 0.717) is 6.42 Å². The first-order valence-corrected chi connectivity index (χ1v) is 10.6.